The number of nitrogens with zero attached hydrogens (tertiary/aromatic N) is 3. The molecular weight excluding hydrogens is 525 g/mol. The summed E-state index contributed by atoms with van der Waals surface area (Å²) in [4.78, 5) is 27.3. The maximum Gasteiger partial charge on any atom is 0.407 e. The van der Waals surface area contributed by atoms with Gasteiger partial charge < -0.3 is 20.4 Å². The number of anilines is 1. The number of aromatic amines is 1. The van der Waals surface area contributed by atoms with Crippen molar-refractivity contribution in [3.8, 4) is 22.6 Å². The first-order valence-corrected chi connectivity index (χ1v) is 13.1. The molecule has 0 radical (unpaired) electrons. The van der Waals surface area contributed by atoms with Gasteiger partial charge in [-0.1, -0.05) is 32.4 Å². The number of ether oxygens (including phenoxy) is 1. The largest absolute Gasteiger partial charge is 0.453 e. The van der Waals surface area contributed by atoms with Gasteiger partial charge in [0.25, 0.3) is 0 Å². The van der Waals surface area contributed by atoms with Crippen molar-refractivity contribution in [1.82, 2.24) is 30.0 Å². The Morgan fingerprint density at radius 3 is 2.59 bits per heavy atom. The number of H-pyrrole nitrogens is 1. The van der Waals surface area contributed by atoms with Gasteiger partial charge in [0.05, 0.1) is 18.5 Å². The number of carbonyl (C=O) groups is 1. The summed E-state index contributed by atoms with van der Waals surface area (Å²) in [5.41, 5.74) is 0.312. The fraction of sp³-hybridized carbons (Fsp3) is 0.391. The Bertz CT molecular complexity index is 1410. The van der Waals surface area contributed by atoms with Gasteiger partial charge >= 0.3 is 6.09 Å². The predicted molar refractivity (Wildman–Crippen MR) is 138 cm³/mol. The Labute approximate surface area is 219 Å². The number of nitrogens with one attached hydrogen (secondary N) is 4. The molecule has 200 valence electrons. The first-order chi connectivity index (χ1) is 17.3. The predicted octanol–water partition coefficient (Wildman–Crippen LogP) is 3.69. The zero-order valence-electron chi connectivity index (χ0n) is 21.2. The number of amides is 1. The number of sulfonamides is 1. The van der Waals surface area contributed by atoms with E-state index in [2.05, 4.69) is 40.0 Å². The zero-order valence-corrected chi connectivity index (χ0v) is 22.8. The highest BCUT2D eigenvalue weighted by Crippen LogP contribution is 2.37. The van der Waals surface area contributed by atoms with Gasteiger partial charge in [0, 0.05) is 34.8 Å². The topological polar surface area (TPSA) is 151 Å². The van der Waals surface area contributed by atoms with Crippen LogP contribution in [0, 0.1) is 5.82 Å². The molecule has 0 aliphatic heterocycles. The molecular formula is C23H29ClFN7O4S. The van der Waals surface area contributed by atoms with Gasteiger partial charge in [0.2, 0.25) is 16.0 Å². The minimum Gasteiger partial charge on any atom is -0.453 e. The second-order valence-electron chi connectivity index (χ2n) is 9.22. The SMILES string of the molecule is CNS(=O)(=O)c1cc(Cl)cc(-c2nc(C(C)(C)C)[nH]c2-c2ccnc(NC[C@H](C)NC(=O)OC)n2)c1F. The lowest BCUT2D eigenvalue weighted by Gasteiger charge is -2.14. The monoisotopic (exact) mass is 553 g/mol. The van der Waals surface area contributed by atoms with Crippen LogP contribution < -0.4 is 15.4 Å². The maximum absolute atomic E-state index is 15.6. The summed E-state index contributed by atoms with van der Waals surface area (Å²) in [6.07, 6.45) is 0.944. The van der Waals surface area contributed by atoms with Crippen molar-refractivity contribution in [2.45, 2.75) is 44.0 Å². The van der Waals surface area contributed by atoms with E-state index in [1.54, 1.807) is 13.0 Å². The van der Waals surface area contributed by atoms with Gasteiger partial charge in [-0.25, -0.2) is 37.3 Å². The van der Waals surface area contributed by atoms with Crippen molar-refractivity contribution in [3.63, 3.8) is 0 Å². The number of benzene rings is 1. The van der Waals surface area contributed by atoms with E-state index in [4.69, 9.17) is 11.6 Å². The molecule has 1 atom stereocenters. The van der Waals surface area contributed by atoms with E-state index in [-0.39, 0.29) is 28.3 Å². The number of hydrogen-bond acceptors (Lipinski definition) is 8. The number of halogens is 2. The van der Waals surface area contributed by atoms with Crippen molar-refractivity contribution >= 4 is 33.7 Å². The molecule has 0 aliphatic rings. The van der Waals surface area contributed by atoms with Crippen LogP contribution in [-0.2, 0) is 20.2 Å². The van der Waals surface area contributed by atoms with Crippen LogP contribution >= 0.6 is 11.6 Å². The smallest absolute Gasteiger partial charge is 0.407 e. The molecule has 0 spiro atoms. The summed E-state index contributed by atoms with van der Waals surface area (Å²) < 4.78 is 47.2. The molecule has 1 aromatic carbocycles. The number of rotatable bonds is 8. The quantitative estimate of drug-likeness (QED) is 0.330. The van der Waals surface area contributed by atoms with Crippen LogP contribution in [-0.4, -0.2) is 61.2 Å². The third-order valence-electron chi connectivity index (χ3n) is 5.26. The Hall–Kier alpha value is -3.29. The molecule has 0 unspecified atom stereocenters. The number of methoxy groups -OCH3 is 1. The minimum absolute atomic E-state index is 0.0219. The van der Waals surface area contributed by atoms with Crippen LogP contribution in [0.5, 0.6) is 0 Å². The zero-order chi connectivity index (χ0) is 27.5. The van der Waals surface area contributed by atoms with E-state index in [0.29, 0.717) is 23.8 Å². The Morgan fingerprint density at radius 2 is 1.97 bits per heavy atom. The van der Waals surface area contributed by atoms with Gasteiger partial charge in [-0.2, -0.15) is 0 Å². The van der Waals surface area contributed by atoms with Crippen LogP contribution in [0.4, 0.5) is 15.1 Å². The average molecular weight is 554 g/mol. The van der Waals surface area contributed by atoms with Crippen molar-refractivity contribution in [2.75, 3.05) is 26.0 Å². The second-order valence-corrected chi connectivity index (χ2v) is 11.5. The van der Waals surface area contributed by atoms with Gasteiger partial charge in [0.1, 0.15) is 16.4 Å². The molecule has 3 aromatic rings. The van der Waals surface area contributed by atoms with Crippen LogP contribution in [0.25, 0.3) is 22.6 Å². The summed E-state index contributed by atoms with van der Waals surface area (Å²) in [7, 11) is -1.68. The highest BCUT2D eigenvalue weighted by molar-refractivity contribution is 7.89. The normalized spacial score (nSPS) is 12.8. The summed E-state index contributed by atoms with van der Waals surface area (Å²) in [5, 5.41) is 5.68. The van der Waals surface area contributed by atoms with E-state index >= 15 is 4.39 Å². The van der Waals surface area contributed by atoms with E-state index in [1.807, 2.05) is 20.8 Å². The number of alkyl carbamates (subject to hydrolysis) is 1. The van der Waals surface area contributed by atoms with Crippen molar-refractivity contribution in [3.05, 3.63) is 41.1 Å². The summed E-state index contributed by atoms with van der Waals surface area (Å²) in [5.74, 6) is -0.222. The number of aromatic nitrogens is 4. The van der Waals surface area contributed by atoms with Crippen LogP contribution in [0.1, 0.15) is 33.5 Å². The lowest BCUT2D eigenvalue weighted by molar-refractivity contribution is 0.168. The first kappa shape index (κ1) is 28.3. The molecule has 0 aliphatic carbocycles. The summed E-state index contributed by atoms with van der Waals surface area (Å²) in [6.45, 7) is 7.85. The summed E-state index contributed by atoms with van der Waals surface area (Å²) in [6, 6.07) is 3.68. The minimum atomic E-state index is -4.14. The van der Waals surface area contributed by atoms with Crippen LogP contribution in [0.15, 0.2) is 29.3 Å². The fourth-order valence-electron chi connectivity index (χ4n) is 3.29. The fourth-order valence-corrected chi connectivity index (χ4v) is 4.42. The van der Waals surface area contributed by atoms with E-state index in [9.17, 15) is 13.2 Å². The van der Waals surface area contributed by atoms with E-state index in [0.717, 1.165) is 6.07 Å². The number of imidazole rings is 1. The van der Waals surface area contributed by atoms with Gasteiger partial charge in [-0.15, -0.1) is 0 Å². The molecule has 11 nitrogen and oxygen atoms in total. The maximum atomic E-state index is 15.6. The summed E-state index contributed by atoms with van der Waals surface area (Å²) >= 11 is 6.20. The molecule has 2 heterocycles. The van der Waals surface area contributed by atoms with E-state index in [1.165, 1.54) is 26.4 Å². The molecule has 1 amide bonds. The van der Waals surface area contributed by atoms with Gasteiger partial charge in [-0.3, -0.25) is 0 Å². The van der Waals surface area contributed by atoms with Crippen molar-refractivity contribution in [1.29, 1.82) is 0 Å². The second kappa shape index (κ2) is 11.0. The molecule has 14 heteroatoms. The highest BCUT2D eigenvalue weighted by atomic mass is 35.5. The molecule has 0 saturated carbocycles. The third kappa shape index (κ3) is 6.53. The van der Waals surface area contributed by atoms with E-state index < -0.39 is 32.2 Å². The van der Waals surface area contributed by atoms with Gasteiger partial charge in [-0.05, 0) is 32.2 Å². The van der Waals surface area contributed by atoms with Crippen LogP contribution in [0.3, 0.4) is 0 Å². The Balaban J connectivity index is 2.10. The molecule has 0 fully saturated rings. The first-order valence-electron chi connectivity index (χ1n) is 11.2. The van der Waals surface area contributed by atoms with Crippen molar-refractivity contribution < 1.29 is 22.3 Å². The standard InChI is InChI=1S/C23H29ClFN7O4S/c1-12(29-22(33)36-6)11-28-21-27-8-7-15(30-21)19-18(31-20(32-19)23(2,3)4)14-9-13(24)10-16(17(14)25)37(34,35)26-5/h7-10,12,26H,11H2,1-6H3,(H,29,33)(H,31,32)(H,27,28,30)/t12-/m0/s1. The average Bonchev–Trinajstić information content (AvgIpc) is 3.30. The Morgan fingerprint density at radius 1 is 1.27 bits per heavy atom. The van der Waals surface area contributed by atoms with Gasteiger partial charge in [0.15, 0.2) is 5.82 Å². The molecule has 0 saturated heterocycles. The number of hydrogen-bond donors (Lipinski definition) is 4. The molecule has 37 heavy (non-hydrogen) atoms. The lowest BCUT2D eigenvalue weighted by atomic mass is 9.96. The molecule has 4 N–H and O–H groups in total. The third-order valence-corrected chi connectivity index (χ3v) is 6.89. The van der Waals surface area contributed by atoms with Crippen LogP contribution in [0.2, 0.25) is 5.02 Å². The molecule has 0 bridgehead atoms. The Kier molecular flexibility index (Phi) is 8.40. The lowest BCUT2D eigenvalue weighted by Crippen LogP contribution is -2.37. The highest BCUT2D eigenvalue weighted by Gasteiger charge is 2.28. The molecule has 3 rings (SSSR count). The number of carbonyl (C=O) groups excluding carboxylic acids is 1. The van der Waals surface area contributed by atoms with Crippen molar-refractivity contribution in [2.24, 2.45) is 0 Å². The molecule has 2 aromatic heterocycles.